The van der Waals surface area contributed by atoms with Crippen LogP contribution in [0.25, 0.3) is 0 Å². The molecule has 9 heteroatoms. The fourth-order valence-electron chi connectivity index (χ4n) is 1.63. The average Bonchev–Trinajstić information content (AvgIpc) is 2.82. The summed E-state index contributed by atoms with van der Waals surface area (Å²) in [6.07, 6.45) is 0. The van der Waals surface area contributed by atoms with Crippen LogP contribution in [0.15, 0.2) is 33.7 Å². The van der Waals surface area contributed by atoms with Gasteiger partial charge in [0.1, 0.15) is 16.4 Å². The van der Waals surface area contributed by atoms with Crippen molar-refractivity contribution in [2.24, 2.45) is 0 Å². The molecule has 8 nitrogen and oxygen atoms in total. The molecule has 0 saturated heterocycles. The first-order valence-corrected chi connectivity index (χ1v) is 7.19. The molecule has 0 aliphatic rings. The van der Waals surface area contributed by atoms with Crippen LogP contribution in [-0.2, 0) is 10.0 Å². The minimum atomic E-state index is -3.98. The van der Waals surface area contributed by atoms with Gasteiger partial charge >= 0.3 is 5.97 Å². The topological polar surface area (TPSA) is 119 Å². The highest BCUT2D eigenvalue weighted by atomic mass is 32.2. The number of methoxy groups -OCH3 is 1. The Kier molecular flexibility index (Phi) is 3.85. The lowest BCUT2D eigenvalue weighted by Crippen LogP contribution is -2.14. The van der Waals surface area contributed by atoms with E-state index in [0.29, 0.717) is 5.76 Å². The van der Waals surface area contributed by atoms with Gasteiger partial charge in [0.15, 0.2) is 5.82 Å². The normalized spacial score (nSPS) is 11.1. The van der Waals surface area contributed by atoms with Gasteiger partial charge in [0, 0.05) is 6.07 Å². The molecule has 1 heterocycles. The van der Waals surface area contributed by atoms with Crippen LogP contribution in [-0.4, -0.2) is 31.8 Å². The number of carboxylic acid groups (broad SMARTS) is 1. The van der Waals surface area contributed by atoms with E-state index in [0.717, 1.165) is 12.1 Å². The van der Waals surface area contributed by atoms with Crippen molar-refractivity contribution in [2.45, 2.75) is 11.8 Å². The number of aryl methyl sites for hydroxylation is 1. The molecule has 0 atom stereocenters. The minimum absolute atomic E-state index is 0.0249. The van der Waals surface area contributed by atoms with Gasteiger partial charge in [-0.05, 0) is 25.1 Å². The van der Waals surface area contributed by atoms with E-state index in [4.69, 9.17) is 14.4 Å². The lowest BCUT2D eigenvalue weighted by Gasteiger charge is -2.10. The number of rotatable bonds is 5. The summed E-state index contributed by atoms with van der Waals surface area (Å²) < 4.78 is 36.4. The molecule has 0 radical (unpaired) electrons. The molecule has 112 valence electrons. The smallest absolute Gasteiger partial charge is 0.335 e. The van der Waals surface area contributed by atoms with Gasteiger partial charge in [-0.25, -0.2) is 13.2 Å². The number of aromatic nitrogens is 1. The van der Waals surface area contributed by atoms with Crippen LogP contribution >= 0.6 is 0 Å². The number of benzene rings is 1. The molecule has 2 rings (SSSR count). The maximum absolute atomic E-state index is 12.3. The van der Waals surface area contributed by atoms with Gasteiger partial charge in [0.25, 0.3) is 10.0 Å². The summed E-state index contributed by atoms with van der Waals surface area (Å²) in [4.78, 5) is 10.7. The maximum Gasteiger partial charge on any atom is 0.335 e. The Labute approximate surface area is 120 Å². The van der Waals surface area contributed by atoms with Crippen LogP contribution in [0.1, 0.15) is 16.1 Å². The molecule has 0 bridgehead atoms. The fraction of sp³-hybridized carbons (Fsp3) is 0.167. The third-order valence-electron chi connectivity index (χ3n) is 2.57. The van der Waals surface area contributed by atoms with Crippen LogP contribution in [0.4, 0.5) is 5.82 Å². The fourth-order valence-corrected chi connectivity index (χ4v) is 2.77. The van der Waals surface area contributed by atoms with Gasteiger partial charge in [-0.1, -0.05) is 5.16 Å². The predicted octanol–water partition coefficient (Wildman–Crippen LogP) is 1.49. The summed E-state index contributed by atoms with van der Waals surface area (Å²) >= 11 is 0. The second-order valence-electron chi connectivity index (χ2n) is 4.10. The maximum atomic E-state index is 12.3. The van der Waals surface area contributed by atoms with Gasteiger partial charge in [-0.15, -0.1) is 0 Å². The number of sulfonamides is 1. The van der Waals surface area contributed by atoms with E-state index < -0.39 is 16.0 Å². The Morgan fingerprint density at radius 3 is 2.62 bits per heavy atom. The molecule has 21 heavy (non-hydrogen) atoms. The third kappa shape index (κ3) is 3.14. The van der Waals surface area contributed by atoms with Gasteiger partial charge in [-0.3, -0.25) is 4.72 Å². The van der Waals surface area contributed by atoms with Gasteiger partial charge in [0.2, 0.25) is 0 Å². The Hall–Kier alpha value is -2.55. The van der Waals surface area contributed by atoms with Crippen molar-refractivity contribution >= 4 is 21.8 Å². The van der Waals surface area contributed by atoms with Crippen molar-refractivity contribution in [3.8, 4) is 5.75 Å². The number of aromatic carboxylic acids is 1. The zero-order valence-electron chi connectivity index (χ0n) is 11.2. The van der Waals surface area contributed by atoms with Crippen LogP contribution in [0, 0.1) is 6.92 Å². The zero-order chi connectivity index (χ0) is 15.6. The number of carbonyl (C=O) groups is 1. The van der Waals surface area contributed by atoms with Crippen molar-refractivity contribution in [1.82, 2.24) is 5.16 Å². The summed E-state index contributed by atoms with van der Waals surface area (Å²) in [5, 5.41) is 12.4. The first-order valence-electron chi connectivity index (χ1n) is 5.71. The highest BCUT2D eigenvalue weighted by Gasteiger charge is 2.22. The summed E-state index contributed by atoms with van der Waals surface area (Å²) in [6, 6.07) is 4.87. The highest BCUT2D eigenvalue weighted by Crippen LogP contribution is 2.27. The van der Waals surface area contributed by atoms with Crippen molar-refractivity contribution in [3.63, 3.8) is 0 Å². The first-order chi connectivity index (χ1) is 9.83. The van der Waals surface area contributed by atoms with Gasteiger partial charge in [-0.2, -0.15) is 0 Å². The molecule has 1 aromatic heterocycles. The summed E-state index contributed by atoms with van der Waals surface area (Å²) in [7, 11) is -2.73. The van der Waals surface area contributed by atoms with E-state index in [1.165, 1.54) is 19.2 Å². The standard InChI is InChI=1S/C12H12N2O6S/c1-7-5-11(13-20-7)14-21(17,18)10-4-3-8(12(15)16)6-9(10)19-2/h3-6H,1-2H3,(H,13,14)(H,15,16). The van der Waals surface area contributed by atoms with Gasteiger partial charge < -0.3 is 14.4 Å². The van der Waals surface area contributed by atoms with E-state index in [1.54, 1.807) is 6.92 Å². The van der Waals surface area contributed by atoms with Crippen molar-refractivity contribution in [1.29, 1.82) is 0 Å². The Morgan fingerprint density at radius 1 is 1.38 bits per heavy atom. The number of ether oxygens (including phenoxy) is 1. The van der Waals surface area contributed by atoms with E-state index in [9.17, 15) is 13.2 Å². The van der Waals surface area contributed by atoms with Crippen LogP contribution < -0.4 is 9.46 Å². The van der Waals surface area contributed by atoms with Crippen LogP contribution in [0.2, 0.25) is 0 Å². The van der Waals surface area contributed by atoms with E-state index in [2.05, 4.69) is 9.88 Å². The van der Waals surface area contributed by atoms with E-state index in [-0.39, 0.29) is 22.0 Å². The molecule has 0 aliphatic carbocycles. The molecule has 0 unspecified atom stereocenters. The molecular weight excluding hydrogens is 300 g/mol. The minimum Gasteiger partial charge on any atom is -0.495 e. The molecule has 1 aromatic carbocycles. The number of nitrogens with one attached hydrogen (secondary N) is 1. The van der Waals surface area contributed by atoms with Crippen molar-refractivity contribution in [3.05, 3.63) is 35.6 Å². The second-order valence-corrected chi connectivity index (χ2v) is 5.75. The lowest BCUT2D eigenvalue weighted by atomic mass is 10.2. The lowest BCUT2D eigenvalue weighted by molar-refractivity contribution is 0.0696. The van der Waals surface area contributed by atoms with Crippen molar-refractivity contribution < 1.29 is 27.6 Å². The van der Waals surface area contributed by atoms with Crippen molar-refractivity contribution in [2.75, 3.05) is 11.8 Å². The molecule has 0 amide bonds. The van der Waals surface area contributed by atoms with Crippen LogP contribution in [0.5, 0.6) is 5.75 Å². The number of hydrogen-bond donors (Lipinski definition) is 2. The molecule has 2 aromatic rings. The highest BCUT2D eigenvalue weighted by molar-refractivity contribution is 7.92. The second kappa shape index (κ2) is 5.44. The SMILES string of the molecule is COc1cc(C(=O)O)ccc1S(=O)(=O)Nc1cc(C)on1. The number of hydrogen-bond acceptors (Lipinski definition) is 6. The number of carboxylic acids is 1. The van der Waals surface area contributed by atoms with Crippen LogP contribution in [0.3, 0.4) is 0 Å². The van der Waals surface area contributed by atoms with Gasteiger partial charge in [0.05, 0.1) is 12.7 Å². The Morgan fingerprint density at radius 2 is 2.10 bits per heavy atom. The number of anilines is 1. The molecule has 2 N–H and O–H groups in total. The summed E-state index contributed by atoms with van der Waals surface area (Å²) in [6.45, 7) is 1.62. The monoisotopic (exact) mass is 312 g/mol. The largest absolute Gasteiger partial charge is 0.495 e. The zero-order valence-corrected chi connectivity index (χ0v) is 12.0. The summed E-state index contributed by atoms with van der Waals surface area (Å²) in [5.74, 6) is -0.794. The Balaban J connectivity index is 2.42. The molecule has 0 fully saturated rings. The molecule has 0 aliphatic heterocycles. The average molecular weight is 312 g/mol. The Bertz CT molecular complexity index is 781. The number of nitrogens with zero attached hydrogens (tertiary/aromatic N) is 1. The third-order valence-corrected chi connectivity index (χ3v) is 3.96. The quantitative estimate of drug-likeness (QED) is 0.858. The molecular formula is C12H12N2O6S. The summed E-state index contributed by atoms with van der Waals surface area (Å²) in [5.41, 5.74) is -0.0805. The first kappa shape index (κ1) is 14.9. The molecule has 0 spiro atoms. The van der Waals surface area contributed by atoms with E-state index in [1.807, 2.05) is 0 Å². The predicted molar refractivity (Wildman–Crippen MR) is 72.0 cm³/mol. The van der Waals surface area contributed by atoms with E-state index >= 15 is 0 Å². The molecule has 0 saturated carbocycles.